The summed E-state index contributed by atoms with van der Waals surface area (Å²) >= 11 is 0. The van der Waals surface area contributed by atoms with Crippen LogP contribution in [0, 0.1) is 5.92 Å². The van der Waals surface area contributed by atoms with E-state index in [0.717, 1.165) is 19.6 Å². The summed E-state index contributed by atoms with van der Waals surface area (Å²) in [5.74, 6) is -3.03. The summed E-state index contributed by atoms with van der Waals surface area (Å²) in [5, 5.41) is 17.1. The molecule has 1 saturated heterocycles. The third-order valence-corrected chi connectivity index (χ3v) is 1.97. The van der Waals surface area contributed by atoms with Gasteiger partial charge in [0.05, 0.1) is 19.8 Å². The van der Waals surface area contributed by atoms with Crippen LogP contribution in [0.25, 0.3) is 0 Å². The molecule has 6 nitrogen and oxygen atoms in total. The molecule has 0 saturated carbocycles. The first-order chi connectivity index (χ1) is 8.13. The molecule has 1 heterocycles. The van der Waals surface area contributed by atoms with E-state index in [1.807, 2.05) is 6.92 Å². The fraction of sp³-hybridized carbons (Fsp3) is 0.818. The molecule has 100 valence electrons. The van der Waals surface area contributed by atoms with E-state index < -0.39 is 17.9 Å². The number of epoxide rings is 1. The predicted molar refractivity (Wildman–Crippen MR) is 59.5 cm³/mol. The zero-order valence-corrected chi connectivity index (χ0v) is 10.1. The third kappa shape index (κ3) is 9.77. The number of unbranched alkanes of at least 4 members (excludes halogenated alkanes) is 1. The fourth-order valence-corrected chi connectivity index (χ4v) is 0.997. The molecule has 0 bridgehead atoms. The maximum absolute atomic E-state index is 11.1. The minimum absolute atomic E-state index is 0.144. The van der Waals surface area contributed by atoms with Crippen molar-refractivity contribution < 1.29 is 29.3 Å². The van der Waals surface area contributed by atoms with Gasteiger partial charge in [0.1, 0.15) is 6.61 Å². The highest BCUT2D eigenvalue weighted by Crippen LogP contribution is 2.10. The van der Waals surface area contributed by atoms with Crippen molar-refractivity contribution in [2.45, 2.75) is 26.2 Å². The van der Waals surface area contributed by atoms with Gasteiger partial charge in [0.25, 0.3) is 0 Å². The molecule has 2 N–H and O–H groups in total. The van der Waals surface area contributed by atoms with Crippen molar-refractivity contribution in [1.82, 2.24) is 0 Å². The third-order valence-electron chi connectivity index (χ3n) is 1.97. The average Bonchev–Trinajstić information content (AvgIpc) is 3.13. The van der Waals surface area contributed by atoms with Crippen LogP contribution in [0.2, 0.25) is 0 Å². The average molecular weight is 248 g/mol. The molecule has 0 amide bonds. The van der Waals surface area contributed by atoms with Gasteiger partial charge >= 0.3 is 11.9 Å². The number of hydrogen-bond acceptors (Lipinski definition) is 5. The molecule has 0 aromatic rings. The van der Waals surface area contributed by atoms with Gasteiger partial charge in [-0.25, -0.2) is 0 Å². The molecule has 0 radical (unpaired) electrons. The van der Waals surface area contributed by atoms with Gasteiger partial charge in [0.2, 0.25) is 0 Å². The molecule has 1 rings (SSSR count). The van der Waals surface area contributed by atoms with Crippen LogP contribution in [0.5, 0.6) is 0 Å². The Kier molecular flexibility index (Phi) is 9.37. The van der Waals surface area contributed by atoms with Crippen molar-refractivity contribution in [2.75, 3.05) is 26.4 Å². The number of carboxylic acids is 1. The summed E-state index contributed by atoms with van der Waals surface area (Å²) in [7, 11) is 0. The van der Waals surface area contributed by atoms with Crippen LogP contribution in [0.3, 0.4) is 0 Å². The van der Waals surface area contributed by atoms with Crippen LogP contribution in [-0.2, 0) is 19.1 Å². The van der Waals surface area contributed by atoms with Crippen molar-refractivity contribution >= 4 is 11.9 Å². The molecular formula is C11H20O6. The maximum atomic E-state index is 11.1. The number of aliphatic carboxylic acids is 1. The second kappa shape index (κ2) is 10.0. The molecule has 0 aliphatic carbocycles. The second-order valence-corrected chi connectivity index (χ2v) is 3.54. The van der Waals surface area contributed by atoms with Crippen molar-refractivity contribution in [1.29, 1.82) is 0 Å². The normalized spacial score (nSPS) is 14.2. The Morgan fingerprint density at radius 3 is 2.35 bits per heavy atom. The summed E-state index contributed by atoms with van der Waals surface area (Å²) < 4.78 is 9.04. The maximum Gasteiger partial charge on any atom is 0.320 e. The molecule has 0 aromatic carbocycles. The van der Waals surface area contributed by atoms with Crippen LogP contribution in [0.1, 0.15) is 26.2 Å². The molecule has 0 spiro atoms. The number of aliphatic hydroxyl groups is 1. The van der Waals surface area contributed by atoms with Crippen molar-refractivity contribution in [3.8, 4) is 0 Å². The number of carbonyl (C=O) groups is 2. The highest BCUT2D eigenvalue weighted by Gasteiger charge is 2.26. The van der Waals surface area contributed by atoms with Crippen LogP contribution in [-0.4, -0.2) is 48.6 Å². The summed E-state index contributed by atoms with van der Waals surface area (Å²) in [6.45, 7) is 3.48. The molecule has 1 aliphatic heterocycles. The second-order valence-electron chi connectivity index (χ2n) is 3.54. The van der Waals surface area contributed by atoms with E-state index in [9.17, 15) is 9.59 Å². The minimum atomic E-state index is -1.17. The lowest BCUT2D eigenvalue weighted by atomic mass is 10.0. The van der Waals surface area contributed by atoms with Gasteiger partial charge < -0.3 is 19.7 Å². The lowest BCUT2D eigenvalue weighted by molar-refractivity contribution is -0.159. The van der Waals surface area contributed by atoms with Crippen LogP contribution < -0.4 is 0 Å². The Morgan fingerprint density at radius 1 is 1.41 bits per heavy atom. The topological polar surface area (TPSA) is 96.4 Å². The first kappa shape index (κ1) is 15.9. The largest absolute Gasteiger partial charge is 0.481 e. The minimum Gasteiger partial charge on any atom is -0.481 e. The number of ether oxygens (including phenoxy) is 2. The SMILES string of the molecule is C1CO1.CCCCC(C(=O)O)C(=O)OCCO. The Morgan fingerprint density at radius 2 is 2.00 bits per heavy atom. The number of hydrogen-bond donors (Lipinski definition) is 2. The Hall–Kier alpha value is -1.14. The molecule has 17 heavy (non-hydrogen) atoms. The first-order valence-electron chi connectivity index (χ1n) is 5.71. The van der Waals surface area contributed by atoms with Crippen LogP contribution in [0.15, 0.2) is 0 Å². The molecule has 6 heteroatoms. The van der Waals surface area contributed by atoms with Gasteiger partial charge in [-0.05, 0) is 6.42 Å². The molecule has 1 atom stereocenters. The van der Waals surface area contributed by atoms with Crippen LogP contribution in [0.4, 0.5) is 0 Å². The lowest BCUT2D eigenvalue weighted by Gasteiger charge is -2.10. The summed E-state index contributed by atoms with van der Waals surface area (Å²) in [4.78, 5) is 21.8. The molecule has 0 aromatic heterocycles. The van der Waals surface area contributed by atoms with Gasteiger partial charge in [-0.15, -0.1) is 0 Å². The van der Waals surface area contributed by atoms with Gasteiger partial charge in [-0.3, -0.25) is 9.59 Å². The Bertz CT molecular complexity index is 223. The predicted octanol–water partition coefficient (Wildman–Crippen LogP) is 0.430. The Balaban J connectivity index is 0.000000728. The smallest absolute Gasteiger partial charge is 0.320 e. The highest BCUT2D eigenvalue weighted by atomic mass is 16.6. The monoisotopic (exact) mass is 248 g/mol. The van der Waals surface area contributed by atoms with E-state index in [4.69, 9.17) is 10.2 Å². The molecule has 1 aliphatic rings. The van der Waals surface area contributed by atoms with Crippen molar-refractivity contribution in [3.05, 3.63) is 0 Å². The zero-order valence-electron chi connectivity index (χ0n) is 10.1. The molecule has 1 fully saturated rings. The van der Waals surface area contributed by atoms with Gasteiger partial charge in [-0.1, -0.05) is 19.8 Å². The number of aliphatic hydroxyl groups excluding tert-OH is 1. The molecular weight excluding hydrogens is 228 g/mol. The highest BCUT2D eigenvalue weighted by molar-refractivity contribution is 5.93. The van der Waals surface area contributed by atoms with E-state index in [2.05, 4.69) is 9.47 Å². The fourth-order valence-electron chi connectivity index (χ4n) is 0.997. The standard InChI is InChI=1S/C9H16O5.C2H4O/c1-2-3-4-7(8(11)12)9(13)14-6-5-10;1-2-3-1/h7,10H,2-6H2,1H3,(H,11,12);1-2H2. The number of carboxylic acid groups (broad SMARTS) is 1. The summed E-state index contributed by atoms with van der Waals surface area (Å²) in [6, 6.07) is 0. The van der Waals surface area contributed by atoms with Gasteiger partial charge in [-0.2, -0.15) is 0 Å². The summed E-state index contributed by atoms with van der Waals surface area (Å²) in [6.07, 6.45) is 1.79. The van der Waals surface area contributed by atoms with Crippen molar-refractivity contribution in [3.63, 3.8) is 0 Å². The van der Waals surface area contributed by atoms with E-state index in [1.54, 1.807) is 0 Å². The lowest BCUT2D eigenvalue weighted by Crippen LogP contribution is -2.26. The van der Waals surface area contributed by atoms with E-state index in [0.29, 0.717) is 6.42 Å². The number of carbonyl (C=O) groups excluding carboxylic acids is 1. The van der Waals surface area contributed by atoms with Gasteiger partial charge in [0, 0.05) is 0 Å². The first-order valence-corrected chi connectivity index (χ1v) is 5.71. The van der Waals surface area contributed by atoms with E-state index >= 15 is 0 Å². The Labute approximate surface area is 101 Å². The van der Waals surface area contributed by atoms with E-state index in [1.165, 1.54) is 0 Å². The number of rotatable bonds is 7. The van der Waals surface area contributed by atoms with Crippen LogP contribution >= 0.6 is 0 Å². The van der Waals surface area contributed by atoms with Crippen molar-refractivity contribution in [2.24, 2.45) is 5.92 Å². The number of esters is 1. The quantitative estimate of drug-likeness (QED) is 0.385. The molecule has 1 unspecified atom stereocenters. The van der Waals surface area contributed by atoms with E-state index in [-0.39, 0.29) is 19.6 Å². The van der Waals surface area contributed by atoms with Gasteiger partial charge in [0.15, 0.2) is 5.92 Å². The zero-order chi connectivity index (χ0) is 13.1. The summed E-state index contributed by atoms with van der Waals surface area (Å²) in [5.41, 5.74) is 0.